The van der Waals surface area contributed by atoms with Crippen LogP contribution in [0.4, 0.5) is 0 Å². The lowest BCUT2D eigenvalue weighted by molar-refractivity contribution is -0.0167. The third-order valence-electron chi connectivity index (χ3n) is 3.97. The van der Waals surface area contributed by atoms with E-state index in [2.05, 4.69) is 20.8 Å². The van der Waals surface area contributed by atoms with Crippen molar-refractivity contribution in [2.45, 2.75) is 46.1 Å². The summed E-state index contributed by atoms with van der Waals surface area (Å²) in [6, 6.07) is 7.14. The summed E-state index contributed by atoms with van der Waals surface area (Å²) in [5.41, 5.74) is 0.854. The van der Waals surface area contributed by atoms with Gasteiger partial charge in [0, 0.05) is 5.56 Å². The van der Waals surface area contributed by atoms with E-state index in [-0.39, 0.29) is 18.5 Å². The van der Waals surface area contributed by atoms with Gasteiger partial charge in [-0.3, -0.25) is 4.79 Å². The summed E-state index contributed by atoms with van der Waals surface area (Å²) in [6.07, 6.45) is 3.47. The van der Waals surface area contributed by atoms with Crippen molar-refractivity contribution in [3.63, 3.8) is 0 Å². The molecule has 3 heteroatoms. The molecule has 0 aliphatic heterocycles. The maximum absolute atomic E-state index is 12.1. The van der Waals surface area contributed by atoms with Crippen molar-refractivity contribution in [1.29, 1.82) is 0 Å². The minimum absolute atomic E-state index is 0.0355. The Balaban J connectivity index is 1.92. The minimum Gasteiger partial charge on any atom is -0.370 e. The molecule has 0 heterocycles. The van der Waals surface area contributed by atoms with Crippen molar-refractivity contribution >= 4 is 17.4 Å². The van der Waals surface area contributed by atoms with Gasteiger partial charge in [0.25, 0.3) is 0 Å². The number of ether oxygens (including phenoxy) is 1. The molecule has 0 aromatic heterocycles. The van der Waals surface area contributed by atoms with Crippen molar-refractivity contribution in [1.82, 2.24) is 0 Å². The minimum atomic E-state index is -0.0355. The van der Waals surface area contributed by atoms with Crippen LogP contribution in [0.15, 0.2) is 24.3 Å². The monoisotopic (exact) mass is 294 g/mol. The normalized spacial score (nSPS) is 25.4. The summed E-state index contributed by atoms with van der Waals surface area (Å²) in [5, 5.41) is 0.499. The molecule has 1 saturated carbocycles. The Morgan fingerprint density at radius 2 is 2.05 bits per heavy atom. The molecule has 1 fully saturated rings. The standard InChI is InChI=1S/C17H23ClO2/c1-12-8-13(10-17(2,3)9-12)20-11-16(19)14-6-4-5-7-15(14)18/h4-7,12-13H,8-11H2,1-3H3. The van der Waals surface area contributed by atoms with Crippen LogP contribution in [0.3, 0.4) is 0 Å². The fourth-order valence-corrected chi connectivity index (χ4v) is 3.59. The van der Waals surface area contributed by atoms with Gasteiger partial charge in [-0.2, -0.15) is 0 Å². The SMILES string of the molecule is CC1CC(OCC(=O)c2ccccc2Cl)CC(C)(C)C1. The highest BCUT2D eigenvalue weighted by atomic mass is 35.5. The van der Waals surface area contributed by atoms with E-state index in [1.54, 1.807) is 12.1 Å². The van der Waals surface area contributed by atoms with Crippen LogP contribution in [-0.4, -0.2) is 18.5 Å². The molecule has 0 bridgehead atoms. The Morgan fingerprint density at radius 3 is 2.70 bits per heavy atom. The van der Waals surface area contributed by atoms with Gasteiger partial charge in [-0.05, 0) is 42.7 Å². The Labute approximate surface area is 126 Å². The molecule has 110 valence electrons. The highest BCUT2D eigenvalue weighted by molar-refractivity contribution is 6.34. The summed E-state index contributed by atoms with van der Waals surface area (Å²) < 4.78 is 5.85. The number of hydrogen-bond acceptors (Lipinski definition) is 2. The van der Waals surface area contributed by atoms with Crippen molar-refractivity contribution < 1.29 is 9.53 Å². The zero-order valence-electron chi connectivity index (χ0n) is 12.5. The van der Waals surface area contributed by atoms with Crippen LogP contribution in [0.5, 0.6) is 0 Å². The summed E-state index contributed by atoms with van der Waals surface area (Å²) >= 11 is 6.03. The Kier molecular flexibility index (Phi) is 4.87. The van der Waals surface area contributed by atoms with E-state index in [0.29, 0.717) is 21.9 Å². The first-order valence-corrected chi connectivity index (χ1v) is 7.64. The van der Waals surface area contributed by atoms with Crippen LogP contribution in [0.25, 0.3) is 0 Å². The zero-order valence-corrected chi connectivity index (χ0v) is 13.2. The van der Waals surface area contributed by atoms with Gasteiger partial charge in [0.2, 0.25) is 0 Å². The van der Waals surface area contributed by atoms with Crippen LogP contribution in [-0.2, 0) is 4.74 Å². The molecule has 20 heavy (non-hydrogen) atoms. The number of Topliss-reactive ketones (excluding diaryl/α,β-unsaturated/α-hetero) is 1. The average molecular weight is 295 g/mol. The van der Waals surface area contributed by atoms with Crippen LogP contribution < -0.4 is 0 Å². The second-order valence-electron chi connectivity index (χ2n) is 6.75. The first-order chi connectivity index (χ1) is 9.37. The van der Waals surface area contributed by atoms with E-state index in [9.17, 15) is 4.79 Å². The smallest absolute Gasteiger partial charge is 0.189 e. The van der Waals surface area contributed by atoms with E-state index >= 15 is 0 Å². The highest BCUT2D eigenvalue weighted by Crippen LogP contribution is 2.39. The van der Waals surface area contributed by atoms with Crippen molar-refractivity contribution in [2.24, 2.45) is 11.3 Å². The lowest BCUT2D eigenvalue weighted by Gasteiger charge is -2.38. The molecule has 0 spiro atoms. The first kappa shape index (κ1) is 15.5. The number of rotatable bonds is 4. The van der Waals surface area contributed by atoms with Crippen LogP contribution in [0.1, 0.15) is 50.4 Å². The van der Waals surface area contributed by atoms with Gasteiger partial charge in [0.05, 0.1) is 11.1 Å². The quantitative estimate of drug-likeness (QED) is 0.749. The van der Waals surface area contributed by atoms with Gasteiger partial charge in [-0.1, -0.05) is 44.5 Å². The van der Waals surface area contributed by atoms with Gasteiger partial charge in [-0.15, -0.1) is 0 Å². The summed E-state index contributed by atoms with van der Waals surface area (Å²) in [6.45, 7) is 6.92. The molecule has 2 atom stereocenters. The molecule has 2 unspecified atom stereocenters. The van der Waals surface area contributed by atoms with E-state index in [4.69, 9.17) is 16.3 Å². The third kappa shape index (κ3) is 4.07. The molecule has 0 saturated heterocycles. The fourth-order valence-electron chi connectivity index (χ4n) is 3.34. The Hall–Kier alpha value is -0.860. The Morgan fingerprint density at radius 1 is 1.35 bits per heavy atom. The summed E-state index contributed by atoms with van der Waals surface area (Å²) in [7, 11) is 0. The zero-order chi connectivity index (χ0) is 14.8. The molecule has 1 aromatic rings. The number of benzene rings is 1. The number of carbonyl (C=O) groups excluding carboxylic acids is 1. The second-order valence-corrected chi connectivity index (χ2v) is 7.16. The van der Waals surface area contributed by atoms with E-state index in [1.165, 1.54) is 6.42 Å². The molecular weight excluding hydrogens is 272 g/mol. The molecule has 0 N–H and O–H groups in total. The van der Waals surface area contributed by atoms with E-state index < -0.39 is 0 Å². The molecule has 1 aliphatic carbocycles. The summed E-state index contributed by atoms with van der Waals surface area (Å²) in [4.78, 5) is 12.1. The van der Waals surface area contributed by atoms with Gasteiger partial charge in [0.1, 0.15) is 6.61 Å². The van der Waals surface area contributed by atoms with Gasteiger partial charge in [-0.25, -0.2) is 0 Å². The molecule has 0 amide bonds. The molecule has 1 aliphatic rings. The van der Waals surface area contributed by atoms with Gasteiger partial charge in [0.15, 0.2) is 5.78 Å². The summed E-state index contributed by atoms with van der Waals surface area (Å²) in [5.74, 6) is 0.616. The topological polar surface area (TPSA) is 26.3 Å². The number of halogens is 1. The van der Waals surface area contributed by atoms with Crippen molar-refractivity contribution in [3.05, 3.63) is 34.9 Å². The van der Waals surface area contributed by atoms with E-state index in [1.807, 2.05) is 12.1 Å². The molecular formula is C17H23ClO2. The van der Waals surface area contributed by atoms with Crippen molar-refractivity contribution in [3.8, 4) is 0 Å². The van der Waals surface area contributed by atoms with Crippen molar-refractivity contribution in [2.75, 3.05) is 6.61 Å². The fraction of sp³-hybridized carbons (Fsp3) is 0.588. The molecule has 1 aromatic carbocycles. The maximum Gasteiger partial charge on any atom is 0.189 e. The average Bonchev–Trinajstić information content (AvgIpc) is 2.34. The second kappa shape index (κ2) is 6.28. The van der Waals surface area contributed by atoms with E-state index in [0.717, 1.165) is 12.8 Å². The molecule has 0 radical (unpaired) electrons. The van der Waals surface area contributed by atoms with Crippen LogP contribution in [0.2, 0.25) is 5.02 Å². The lowest BCUT2D eigenvalue weighted by atomic mass is 9.71. The Bertz CT molecular complexity index is 482. The number of ketones is 1. The highest BCUT2D eigenvalue weighted by Gasteiger charge is 2.32. The third-order valence-corrected chi connectivity index (χ3v) is 4.30. The largest absolute Gasteiger partial charge is 0.370 e. The number of hydrogen-bond donors (Lipinski definition) is 0. The predicted molar refractivity (Wildman–Crippen MR) is 82.3 cm³/mol. The van der Waals surface area contributed by atoms with Crippen LogP contribution in [0, 0.1) is 11.3 Å². The van der Waals surface area contributed by atoms with Gasteiger partial charge < -0.3 is 4.74 Å². The van der Waals surface area contributed by atoms with Gasteiger partial charge >= 0.3 is 0 Å². The molecule has 2 nitrogen and oxygen atoms in total. The molecule has 2 rings (SSSR count). The van der Waals surface area contributed by atoms with Crippen LogP contribution >= 0.6 is 11.6 Å². The predicted octanol–water partition coefficient (Wildman–Crippen LogP) is 4.75. The number of carbonyl (C=O) groups is 1. The first-order valence-electron chi connectivity index (χ1n) is 7.27. The maximum atomic E-state index is 12.1. The lowest BCUT2D eigenvalue weighted by Crippen LogP contribution is -2.33.